The zero-order valence-corrected chi connectivity index (χ0v) is 16.7. The van der Waals surface area contributed by atoms with Crippen LogP contribution in [0.4, 0.5) is 0 Å². The Bertz CT molecular complexity index is 1020. The summed E-state index contributed by atoms with van der Waals surface area (Å²) in [7, 11) is 0. The third-order valence-corrected chi connectivity index (χ3v) is 4.96. The third-order valence-electron chi connectivity index (χ3n) is 4.96. The highest BCUT2D eigenvalue weighted by Crippen LogP contribution is 2.39. The fourth-order valence-electron chi connectivity index (χ4n) is 3.36. The monoisotopic (exact) mass is 399 g/mol. The summed E-state index contributed by atoms with van der Waals surface area (Å²) >= 11 is 0. The highest BCUT2D eigenvalue weighted by atomic mass is 16.5. The molecule has 1 aliphatic carbocycles. The molecule has 4 rings (SSSR count). The van der Waals surface area contributed by atoms with E-state index in [0.717, 1.165) is 45.9 Å². The van der Waals surface area contributed by atoms with Crippen molar-refractivity contribution in [2.75, 3.05) is 13.2 Å². The number of benzene rings is 1. The number of hydrogen-bond donors (Lipinski definition) is 1. The fraction of sp³-hybridized carbons (Fsp3) is 0.476. The van der Waals surface area contributed by atoms with Crippen LogP contribution in [0.25, 0.3) is 11.4 Å². The topological polar surface area (TPSA) is 104 Å². The van der Waals surface area contributed by atoms with Gasteiger partial charge in [-0.1, -0.05) is 5.16 Å². The van der Waals surface area contributed by atoms with Crippen LogP contribution in [0, 0.1) is 13.8 Å². The minimum absolute atomic E-state index is 0.129. The molecule has 1 saturated carbocycles. The van der Waals surface area contributed by atoms with Crippen molar-refractivity contribution in [3.05, 3.63) is 51.3 Å². The number of aryl methyl sites for hydroxylation is 3. The zero-order chi connectivity index (χ0) is 20.4. The summed E-state index contributed by atoms with van der Waals surface area (Å²) < 4.78 is 17.9. The molecule has 1 N–H and O–H groups in total. The van der Waals surface area contributed by atoms with E-state index >= 15 is 0 Å². The number of nitrogens with zero attached hydrogens (tertiary/aromatic N) is 3. The van der Waals surface area contributed by atoms with Crippen molar-refractivity contribution in [2.24, 2.45) is 0 Å². The summed E-state index contributed by atoms with van der Waals surface area (Å²) in [6.45, 7) is 4.55. The first kappa shape index (κ1) is 19.4. The van der Waals surface area contributed by atoms with Crippen molar-refractivity contribution in [2.45, 2.75) is 52.0 Å². The quantitative estimate of drug-likeness (QED) is 0.552. The van der Waals surface area contributed by atoms with Crippen LogP contribution in [0.1, 0.15) is 48.0 Å². The van der Waals surface area contributed by atoms with Gasteiger partial charge in [-0.3, -0.25) is 4.79 Å². The maximum atomic E-state index is 11.7. The van der Waals surface area contributed by atoms with Crippen LogP contribution >= 0.6 is 0 Å². The second-order valence-electron chi connectivity index (χ2n) is 7.49. The molecular weight excluding hydrogens is 374 g/mol. The highest BCUT2D eigenvalue weighted by molar-refractivity contribution is 5.61. The molecule has 0 radical (unpaired) electrons. The van der Waals surface area contributed by atoms with Crippen LogP contribution in [0.15, 0.2) is 32.0 Å². The van der Waals surface area contributed by atoms with E-state index in [2.05, 4.69) is 10.1 Å². The fourth-order valence-corrected chi connectivity index (χ4v) is 3.36. The molecule has 2 aromatic heterocycles. The Morgan fingerprint density at radius 2 is 2.00 bits per heavy atom. The second-order valence-corrected chi connectivity index (χ2v) is 7.49. The molecule has 0 aliphatic heterocycles. The first-order valence-electron chi connectivity index (χ1n) is 9.94. The maximum Gasteiger partial charge on any atom is 0.282 e. The molecule has 0 unspecified atom stereocenters. The van der Waals surface area contributed by atoms with Crippen LogP contribution in [0.3, 0.4) is 0 Å². The summed E-state index contributed by atoms with van der Waals surface area (Å²) in [5, 5.41) is 13.0. The van der Waals surface area contributed by atoms with Crippen molar-refractivity contribution in [1.29, 1.82) is 0 Å². The molecule has 0 amide bonds. The molecule has 29 heavy (non-hydrogen) atoms. The maximum absolute atomic E-state index is 11.7. The van der Waals surface area contributed by atoms with Gasteiger partial charge in [0.1, 0.15) is 11.5 Å². The Hall–Kier alpha value is -2.87. The Morgan fingerprint density at radius 3 is 2.69 bits per heavy atom. The van der Waals surface area contributed by atoms with Gasteiger partial charge in [0.05, 0.1) is 19.8 Å². The largest absolute Gasteiger partial charge is 0.493 e. The van der Waals surface area contributed by atoms with Crippen molar-refractivity contribution in [3.63, 3.8) is 0 Å². The lowest BCUT2D eigenvalue weighted by Crippen LogP contribution is -2.15. The van der Waals surface area contributed by atoms with Gasteiger partial charge >= 0.3 is 0 Å². The van der Waals surface area contributed by atoms with Gasteiger partial charge in [0.2, 0.25) is 11.7 Å². The van der Waals surface area contributed by atoms with E-state index in [-0.39, 0.29) is 18.7 Å². The summed E-state index contributed by atoms with van der Waals surface area (Å²) in [6.07, 6.45) is 3.56. The third kappa shape index (κ3) is 4.42. The molecular formula is C21H25N3O5. The Kier molecular flexibility index (Phi) is 5.53. The SMILES string of the molecule is Cc1cc(-c2noc(C3CC3)n2)cc(C)c1OCCCc1cc(=O)n(CCO)o1. The van der Waals surface area contributed by atoms with E-state index in [9.17, 15) is 4.79 Å². The van der Waals surface area contributed by atoms with Crippen LogP contribution in [-0.4, -0.2) is 33.2 Å². The highest BCUT2D eigenvalue weighted by Gasteiger charge is 2.29. The lowest BCUT2D eigenvalue weighted by atomic mass is 10.1. The van der Waals surface area contributed by atoms with Gasteiger partial charge in [0, 0.05) is 24.0 Å². The first-order chi connectivity index (χ1) is 14.0. The van der Waals surface area contributed by atoms with E-state index in [1.807, 2.05) is 26.0 Å². The average molecular weight is 399 g/mol. The number of rotatable bonds is 9. The molecule has 2 heterocycles. The number of hydrogen-bond acceptors (Lipinski definition) is 7. The Labute approximate surface area is 168 Å². The van der Waals surface area contributed by atoms with Crippen LogP contribution in [0.5, 0.6) is 5.75 Å². The zero-order valence-electron chi connectivity index (χ0n) is 16.7. The normalized spacial score (nSPS) is 13.8. The number of aliphatic hydroxyl groups is 1. The van der Waals surface area contributed by atoms with Gasteiger partial charge < -0.3 is 18.9 Å². The lowest BCUT2D eigenvalue weighted by Gasteiger charge is -2.13. The second kappa shape index (κ2) is 8.24. The standard InChI is InChI=1S/C21H25N3O5/c1-13-10-16(20-22-21(28-23-20)15-5-6-15)11-14(2)19(13)27-9-3-4-17-12-18(26)24(29-17)7-8-25/h10-12,15,25H,3-9H2,1-2H3. The molecule has 0 spiro atoms. The van der Waals surface area contributed by atoms with E-state index in [0.29, 0.717) is 37.0 Å². The molecule has 0 bridgehead atoms. The van der Waals surface area contributed by atoms with Gasteiger partial charge in [-0.15, -0.1) is 0 Å². The molecule has 0 atom stereocenters. The van der Waals surface area contributed by atoms with Crippen molar-refractivity contribution < 1.29 is 18.9 Å². The van der Waals surface area contributed by atoms with E-state index in [4.69, 9.17) is 18.9 Å². The predicted octanol–water partition coefficient (Wildman–Crippen LogP) is 2.99. The smallest absolute Gasteiger partial charge is 0.282 e. The van der Waals surface area contributed by atoms with Crippen molar-refractivity contribution in [3.8, 4) is 17.1 Å². The van der Waals surface area contributed by atoms with E-state index in [1.54, 1.807) is 0 Å². The molecule has 1 fully saturated rings. The summed E-state index contributed by atoms with van der Waals surface area (Å²) in [5.74, 6) is 3.23. The number of aliphatic hydroxyl groups excluding tert-OH is 1. The van der Waals surface area contributed by atoms with Crippen LogP contribution < -0.4 is 10.3 Å². The van der Waals surface area contributed by atoms with E-state index in [1.165, 1.54) is 6.07 Å². The average Bonchev–Trinajstić information content (AvgIpc) is 3.31. The molecule has 0 saturated heterocycles. The molecule has 8 nitrogen and oxygen atoms in total. The number of ether oxygens (including phenoxy) is 1. The van der Waals surface area contributed by atoms with Gasteiger partial charge in [-0.2, -0.15) is 9.72 Å². The minimum Gasteiger partial charge on any atom is -0.493 e. The first-order valence-corrected chi connectivity index (χ1v) is 9.94. The molecule has 154 valence electrons. The van der Waals surface area contributed by atoms with Gasteiger partial charge in [-0.25, -0.2) is 0 Å². The van der Waals surface area contributed by atoms with Gasteiger partial charge in [-0.05, 0) is 56.4 Å². The summed E-state index contributed by atoms with van der Waals surface area (Å²) in [5.41, 5.74) is 2.72. The minimum atomic E-state index is -0.233. The predicted molar refractivity (Wildman–Crippen MR) is 105 cm³/mol. The van der Waals surface area contributed by atoms with Crippen molar-refractivity contribution in [1.82, 2.24) is 14.9 Å². The van der Waals surface area contributed by atoms with E-state index < -0.39 is 0 Å². The summed E-state index contributed by atoms with van der Waals surface area (Å²) in [6, 6.07) is 5.48. The van der Waals surface area contributed by atoms with Gasteiger partial charge in [0.15, 0.2) is 0 Å². The summed E-state index contributed by atoms with van der Waals surface area (Å²) in [4.78, 5) is 16.2. The van der Waals surface area contributed by atoms with Crippen LogP contribution in [0.2, 0.25) is 0 Å². The molecule has 1 aromatic carbocycles. The van der Waals surface area contributed by atoms with Gasteiger partial charge in [0.25, 0.3) is 5.56 Å². The molecule has 3 aromatic rings. The Balaban J connectivity index is 1.36. The lowest BCUT2D eigenvalue weighted by molar-refractivity contribution is 0.182. The van der Waals surface area contributed by atoms with Crippen molar-refractivity contribution >= 4 is 0 Å². The van der Waals surface area contributed by atoms with Crippen LogP contribution in [-0.2, 0) is 13.0 Å². The molecule has 8 heteroatoms. The Morgan fingerprint density at radius 1 is 1.24 bits per heavy atom. The molecule has 1 aliphatic rings. The number of aromatic nitrogens is 3.